The van der Waals surface area contributed by atoms with Crippen molar-refractivity contribution < 1.29 is 26.1 Å². The molecule has 0 aliphatic carbocycles. The van der Waals surface area contributed by atoms with Crippen LogP contribution in [0.2, 0.25) is 0 Å². The van der Waals surface area contributed by atoms with Gasteiger partial charge in [-0.1, -0.05) is 234 Å². The number of halogens is 3. The molecule has 0 spiro atoms. The number of unbranched alkanes of at least 4 members (excludes halogenated alkanes) is 30. The van der Waals surface area contributed by atoms with Crippen LogP contribution in [0, 0.1) is 0 Å². The highest BCUT2D eigenvalue weighted by molar-refractivity contribution is 7.86. The summed E-state index contributed by atoms with van der Waals surface area (Å²) in [5.41, 5.74) is -5.65. The molecule has 0 aromatic carbocycles. The van der Waals surface area contributed by atoms with Crippen molar-refractivity contribution in [1.29, 1.82) is 0 Å². The Kier molecular flexibility index (Phi) is 43.9. The molecule has 0 aromatic heterocycles. The lowest BCUT2D eigenvalue weighted by Gasteiger charge is -2.20. The summed E-state index contributed by atoms with van der Waals surface area (Å²) in [6.45, 7) is 14.2. The molecule has 4 nitrogen and oxygen atoms in total. The van der Waals surface area contributed by atoms with E-state index in [2.05, 4.69) is 41.5 Å². The molecular formula is C49H102F3NO3P2S. The lowest BCUT2D eigenvalue weighted by Crippen LogP contribution is -2.21. The van der Waals surface area contributed by atoms with Crippen molar-refractivity contribution in [2.24, 2.45) is 0 Å². The van der Waals surface area contributed by atoms with Crippen LogP contribution >= 0.6 is 14.1 Å². The number of nitrogens with zero attached hydrogens (tertiary/aromatic N) is 1. The first-order chi connectivity index (χ1) is 28.3. The van der Waals surface area contributed by atoms with E-state index in [-0.39, 0.29) is 0 Å². The highest BCUT2D eigenvalue weighted by Crippen LogP contribution is 2.56. The Hall–Kier alpha value is 0.270. The minimum absolute atomic E-state index is 1.31. The van der Waals surface area contributed by atoms with Crippen molar-refractivity contribution in [3.05, 3.63) is 0 Å². The summed E-state index contributed by atoms with van der Waals surface area (Å²) in [5.74, 6) is 0. The van der Waals surface area contributed by atoms with E-state index in [9.17, 15) is 13.2 Å². The number of rotatable bonds is 42. The van der Waals surface area contributed by atoms with Crippen LogP contribution in [0.5, 0.6) is 0 Å². The topological polar surface area (TPSA) is 71.3 Å². The summed E-state index contributed by atoms with van der Waals surface area (Å²) in [4.78, 5) is 0. The van der Waals surface area contributed by atoms with Crippen molar-refractivity contribution in [2.45, 2.75) is 278 Å². The highest BCUT2D eigenvalue weighted by atomic mass is 32.2. The summed E-state index contributed by atoms with van der Waals surface area (Å²) in [7, 11) is -8.71. The van der Waals surface area contributed by atoms with E-state index in [0.29, 0.717) is 0 Å². The van der Waals surface area contributed by atoms with Gasteiger partial charge in [-0.25, -0.2) is 8.42 Å². The second kappa shape index (κ2) is 42.2. The van der Waals surface area contributed by atoms with Crippen LogP contribution < -0.4 is 4.17 Å². The quantitative estimate of drug-likeness (QED) is 0.0201. The summed E-state index contributed by atoms with van der Waals surface area (Å²) >= 11 is 0. The zero-order valence-electron chi connectivity index (χ0n) is 40.3. The molecule has 0 saturated carbocycles. The molecule has 0 atom stereocenters. The van der Waals surface area contributed by atoms with Gasteiger partial charge in [0.25, 0.3) is 0 Å². The maximum Gasteiger partial charge on any atom is 0.485 e. The molecule has 0 fully saturated rings. The third kappa shape index (κ3) is 38.5. The van der Waals surface area contributed by atoms with Gasteiger partial charge in [-0.3, -0.25) is 0 Å². The molecule has 0 heterocycles. The molecule has 0 aliphatic heterocycles. The van der Waals surface area contributed by atoms with E-state index >= 15 is 0 Å². The molecule has 0 unspecified atom stereocenters. The Morgan fingerprint density at radius 3 is 0.610 bits per heavy atom. The SMILES string of the molecule is CCCCCCCCP(CCCCCCCC)(CCCCCCCC)=[N+]=P(CCCCCCCC)(CCCCCCCC)CCCCCCCC.O=S(=O)([O-])C(F)(F)F. The molecule has 0 amide bonds. The van der Waals surface area contributed by atoms with E-state index < -0.39 is 29.7 Å². The summed E-state index contributed by atoms with van der Waals surface area (Å²) in [6, 6.07) is 0. The maximum atomic E-state index is 10.7. The predicted molar refractivity (Wildman–Crippen MR) is 261 cm³/mol. The monoisotopic (exact) mass is 904 g/mol. The van der Waals surface area contributed by atoms with Gasteiger partial charge in [0.15, 0.2) is 10.1 Å². The second-order valence-corrected chi connectivity index (χ2v) is 27.3. The average molecular weight is 904 g/mol. The van der Waals surface area contributed by atoms with Crippen molar-refractivity contribution in [1.82, 2.24) is 4.17 Å². The minimum Gasteiger partial charge on any atom is -0.741 e. The van der Waals surface area contributed by atoms with Crippen LogP contribution in [-0.4, -0.2) is 55.5 Å². The molecule has 0 bridgehead atoms. The molecule has 0 rings (SSSR count). The van der Waals surface area contributed by atoms with Gasteiger partial charge in [0.2, 0.25) is 14.1 Å². The van der Waals surface area contributed by atoms with E-state index in [1.807, 2.05) is 0 Å². The van der Waals surface area contributed by atoms with Gasteiger partial charge in [-0.05, 0) is 38.5 Å². The van der Waals surface area contributed by atoms with Crippen LogP contribution in [0.15, 0.2) is 0 Å². The molecule has 0 aromatic rings. The van der Waals surface area contributed by atoms with Crippen LogP contribution in [0.4, 0.5) is 13.2 Å². The predicted octanol–water partition coefficient (Wildman–Crippen LogP) is 18.7. The molecule has 0 N–H and O–H groups in total. The van der Waals surface area contributed by atoms with Gasteiger partial charge in [-0.2, -0.15) is 17.3 Å². The molecule has 0 radical (unpaired) electrons. The Morgan fingerprint density at radius 2 is 0.475 bits per heavy atom. The summed E-state index contributed by atoms with van der Waals surface area (Å²) in [6.07, 6.45) is 61.2. The Balaban J connectivity index is 0. The van der Waals surface area contributed by atoms with Gasteiger partial charge >= 0.3 is 5.51 Å². The largest absolute Gasteiger partial charge is 0.741 e. The molecular weight excluding hydrogens is 802 g/mol. The Morgan fingerprint density at radius 1 is 0.339 bits per heavy atom. The van der Waals surface area contributed by atoms with E-state index in [4.69, 9.17) is 17.1 Å². The van der Waals surface area contributed by atoms with Crippen LogP contribution in [0.25, 0.3) is 0 Å². The molecule has 0 saturated heterocycles. The van der Waals surface area contributed by atoms with Gasteiger partial charge in [0, 0.05) is 37.0 Å². The van der Waals surface area contributed by atoms with E-state index in [1.54, 1.807) is 0 Å². The van der Waals surface area contributed by atoms with Gasteiger partial charge < -0.3 is 4.55 Å². The standard InChI is InChI=1S/C48H102NP2.CHF3O3S/c1-7-13-19-25-31-37-43-50(44-38-32-26-20-14-8-2,45-39-33-27-21-15-9-3)49-51(46-40-34-28-22-16-10-4,47-41-35-29-23-17-11-5)48-42-36-30-24-18-12-6;2-1(3,4)8(5,6)7/h7-48H2,1-6H3;(H,5,6,7)/q+1;/p-1. The van der Waals surface area contributed by atoms with Crippen molar-refractivity contribution >= 4 is 24.2 Å². The molecule has 59 heavy (non-hydrogen) atoms. The lowest BCUT2D eigenvalue weighted by atomic mass is 10.1. The minimum atomic E-state index is -6.09. The van der Waals surface area contributed by atoms with Crippen LogP contribution in [0.1, 0.15) is 273 Å². The number of hydrogen-bond donors (Lipinski definition) is 0. The van der Waals surface area contributed by atoms with Gasteiger partial charge in [0.05, 0.1) is 0 Å². The lowest BCUT2D eigenvalue weighted by molar-refractivity contribution is -0.0517. The first-order valence-electron chi connectivity index (χ1n) is 25.8. The fourth-order valence-corrected chi connectivity index (χ4v) is 20.0. The summed E-state index contributed by atoms with van der Waals surface area (Å²) < 4.78 is 65.7. The highest BCUT2D eigenvalue weighted by Gasteiger charge is 2.37. The Labute approximate surface area is 368 Å². The average Bonchev–Trinajstić information content (AvgIpc) is 3.19. The van der Waals surface area contributed by atoms with Crippen LogP contribution in [-0.2, 0) is 10.1 Å². The fourth-order valence-electron chi connectivity index (χ4n) is 8.46. The zero-order valence-corrected chi connectivity index (χ0v) is 42.9. The number of alkyl halides is 3. The number of hydrogen-bond acceptors (Lipinski definition) is 3. The zero-order chi connectivity index (χ0) is 44.4. The van der Waals surface area contributed by atoms with Crippen molar-refractivity contribution in [2.75, 3.05) is 37.0 Å². The fraction of sp³-hybridized carbons (Fsp3) is 1.00. The molecule has 358 valence electrons. The smallest absolute Gasteiger partial charge is 0.485 e. The second-order valence-electron chi connectivity index (χ2n) is 18.1. The summed E-state index contributed by atoms with van der Waals surface area (Å²) in [5, 5.41) is 0. The third-order valence-electron chi connectivity index (χ3n) is 12.2. The first kappa shape index (κ1) is 61.4. The van der Waals surface area contributed by atoms with E-state index in [0.717, 1.165) is 0 Å². The van der Waals surface area contributed by atoms with E-state index in [1.165, 1.54) is 268 Å². The molecule has 10 heteroatoms. The normalized spacial score (nSPS) is 12.4. The van der Waals surface area contributed by atoms with Crippen LogP contribution in [0.3, 0.4) is 0 Å². The Bertz CT molecular complexity index is 969. The van der Waals surface area contributed by atoms with Gasteiger partial charge in [0.1, 0.15) is 0 Å². The molecule has 0 aliphatic rings. The first-order valence-corrected chi connectivity index (χ1v) is 31.8. The van der Waals surface area contributed by atoms with Gasteiger partial charge in [-0.15, -0.1) is 0 Å². The maximum absolute atomic E-state index is 10.7. The third-order valence-corrected chi connectivity index (χ3v) is 22.7. The van der Waals surface area contributed by atoms with Crippen molar-refractivity contribution in [3.63, 3.8) is 0 Å². The van der Waals surface area contributed by atoms with Crippen molar-refractivity contribution in [3.8, 4) is 0 Å².